The molecule has 0 amide bonds. The molecular formula is C101H127N13O9. The molecule has 0 aromatic carbocycles. The number of hydrogen-bond donors (Lipinski definition) is 8. The molecule has 8 N–H and O–H groups in total. The highest BCUT2D eigenvalue weighted by Gasteiger charge is 2.41. The average molecular weight is 1670 g/mol. The summed E-state index contributed by atoms with van der Waals surface area (Å²) < 4.78 is 17.8. The lowest BCUT2D eigenvalue weighted by atomic mass is 9.80. The highest BCUT2D eigenvalue weighted by atomic mass is 16.5. The second kappa shape index (κ2) is 36.9. The molecule has 650 valence electrons. The van der Waals surface area contributed by atoms with E-state index in [9.17, 15) is 40.9 Å². The molecule has 0 radical (unpaired) electrons. The predicted octanol–water partition coefficient (Wildman–Crippen LogP) is 20.1. The summed E-state index contributed by atoms with van der Waals surface area (Å²) in [7, 11) is 0. The van der Waals surface area contributed by atoms with Crippen LogP contribution in [0.3, 0.4) is 0 Å². The van der Waals surface area contributed by atoms with E-state index in [0.717, 1.165) is 186 Å². The monoisotopic (exact) mass is 1670 g/mol. The molecule has 8 unspecified atom stereocenters. The Balaban J connectivity index is 0.0000000972. The Bertz CT molecular complexity index is 5700. The van der Waals surface area contributed by atoms with Crippen molar-refractivity contribution in [3.05, 3.63) is 221 Å². The molecule has 0 bridgehead atoms. The van der Waals surface area contributed by atoms with Gasteiger partial charge in [-0.2, -0.15) is 0 Å². The first-order chi connectivity index (χ1) is 60.2. The van der Waals surface area contributed by atoms with Crippen LogP contribution >= 0.6 is 0 Å². The number of pyridine rings is 6. The molecule has 13 heterocycles. The fourth-order valence-corrected chi connectivity index (χ4v) is 21.9. The van der Waals surface area contributed by atoms with Crippen molar-refractivity contribution < 1.29 is 45.4 Å². The Labute approximate surface area is 721 Å². The molecule has 8 atom stereocenters. The second-order valence-corrected chi connectivity index (χ2v) is 38.5. The lowest BCUT2D eigenvalue weighted by Crippen LogP contribution is -2.31. The van der Waals surface area contributed by atoms with E-state index in [4.69, 9.17) is 4.52 Å². The Morgan fingerprint density at radius 2 is 0.618 bits per heavy atom. The number of aliphatic hydroxyl groups excluding tert-OH is 8. The van der Waals surface area contributed by atoms with Crippen LogP contribution in [0.1, 0.15) is 364 Å². The SMILES string of the molecule is Cc1noc(C)c1-c1ccc2cncn2c1C(O)C1CCCCC1.OC(CC1CCCCC1)c1c(C2CC2)ccc2cncn12.OC(c1c(C2CC2)ccc2cncn12)C1CC1.OC(c1c(C2CC2)ccc2cncn12)C1CCCC1.OC1CCC(C(O)c2c(C3CC3)ccc3cncn23)CC1.OC1CCCCC1C(O)c1c(C2CC2)ccc2cncn12. The lowest BCUT2D eigenvalue weighted by molar-refractivity contribution is -0.0161. The topological polar surface area (TPSA) is 292 Å². The van der Waals surface area contributed by atoms with Crippen LogP contribution < -0.4 is 0 Å². The van der Waals surface area contributed by atoms with Gasteiger partial charge in [0.15, 0.2) is 0 Å². The zero-order valence-electron chi connectivity index (χ0n) is 71.9. The van der Waals surface area contributed by atoms with Gasteiger partial charge in [-0.1, -0.05) is 119 Å². The number of fused-ring (bicyclic) bond motifs is 6. The summed E-state index contributed by atoms with van der Waals surface area (Å²) in [5.41, 5.74) is 22.0. The van der Waals surface area contributed by atoms with E-state index in [1.807, 2.05) is 91.2 Å². The van der Waals surface area contributed by atoms with Crippen LogP contribution in [-0.2, 0) is 0 Å². The second-order valence-electron chi connectivity index (χ2n) is 38.5. The normalized spacial score (nSPS) is 23.1. The Hall–Kier alpha value is -8.97. The zero-order chi connectivity index (χ0) is 83.9. The molecule has 24 rings (SSSR count). The highest BCUT2D eigenvalue weighted by Crippen LogP contribution is 2.53. The van der Waals surface area contributed by atoms with Crippen molar-refractivity contribution in [2.24, 2.45) is 35.5 Å². The largest absolute Gasteiger partial charge is 0.393 e. The standard InChI is InChI=1S/C19H23N3O2.C18H24N2O.2C17H22N2O2.C16H20N2O.C14H16N2O/c1-12-17(13(2)24-21-12)16-9-8-15-10-20-11-22(15)18(16)19(23)14-6-4-3-5-7-14;21-17(10-13-4-2-1-3-5-13)18-16(14-6-7-14)9-8-15-11-19-12-20(15)18;20-14-6-3-12(4-7-14)17(21)16-15(11-1-2-11)8-5-13-9-18-10-19(13)16;20-15-4-2-1-3-14(15)17(21)16-13(11-5-6-11)8-7-12-9-18-10-19(12)16;19-16(12-3-1-2-4-12)15-14(11-5-6-11)8-7-13-9-17-10-18(13)15;17-14(10-3-4-10)13-12(9-1-2-9)6-5-11-7-15-8-16(11)13/h8-11,14,19,23H,3-7H2,1-2H3;8-9,11-14,17,21H,1-7,10H2;5,8-12,14,17,20-21H,1-4,6-7H2;7-11,14-15,17,20-21H,1-6H2;7-12,16,19H,1-6H2;5-10,14,17H,1-4H2. The summed E-state index contributed by atoms with van der Waals surface area (Å²) in [6, 6.07) is 25.6. The van der Waals surface area contributed by atoms with Gasteiger partial charge in [0.25, 0.3) is 0 Å². The van der Waals surface area contributed by atoms with Crippen molar-refractivity contribution in [2.75, 3.05) is 0 Å². The molecule has 0 saturated heterocycles. The zero-order valence-corrected chi connectivity index (χ0v) is 71.9. The van der Waals surface area contributed by atoms with Crippen molar-refractivity contribution in [1.82, 2.24) is 61.5 Å². The highest BCUT2D eigenvalue weighted by molar-refractivity contribution is 5.73. The molecular weight excluding hydrogens is 1540 g/mol. The minimum absolute atomic E-state index is 0.0516. The Morgan fingerprint density at radius 3 is 0.976 bits per heavy atom. The minimum Gasteiger partial charge on any atom is -0.393 e. The molecule has 22 heteroatoms. The number of aryl methyl sites for hydroxylation is 2. The smallest absolute Gasteiger partial charge is 0.141 e. The number of aromatic nitrogens is 13. The summed E-state index contributed by atoms with van der Waals surface area (Å²) in [6.07, 6.45) is 59.2. The summed E-state index contributed by atoms with van der Waals surface area (Å²) in [4.78, 5) is 25.4. The van der Waals surface area contributed by atoms with Gasteiger partial charge in [-0.15, -0.1) is 0 Å². The van der Waals surface area contributed by atoms with Crippen LogP contribution in [0.15, 0.2) is 152 Å². The van der Waals surface area contributed by atoms with E-state index in [2.05, 4.69) is 119 Å². The number of hydrogen-bond acceptors (Lipinski definition) is 16. The van der Waals surface area contributed by atoms with Gasteiger partial charge in [0, 0.05) is 17.0 Å². The molecule has 0 spiro atoms. The van der Waals surface area contributed by atoms with Gasteiger partial charge in [-0.05, 0) is 285 Å². The van der Waals surface area contributed by atoms with E-state index in [-0.39, 0.29) is 42.4 Å². The van der Waals surface area contributed by atoms with Crippen molar-refractivity contribution in [1.29, 1.82) is 0 Å². The van der Waals surface area contributed by atoms with Gasteiger partial charge in [0.1, 0.15) is 5.76 Å². The van der Waals surface area contributed by atoms with E-state index in [1.54, 1.807) is 12.7 Å². The molecule has 11 saturated carbocycles. The maximum Gasteiger partial charge on any atom is 0.141 e. The number of imidazole rings is 6. The fraction of sp³-hybridized carbons (Fsp3) is 0.554. The maximum absolute atomic E-state index is 11.2. The third-order valence-electron chi connectivity index (χ3n) is 29.7. The number of rotatable bonds is 19. The van der Waals surface area contributed by atoms with E-state index < -0.39 is 18.3 Å². The molecule has 11 fully saturated rings. The average Bonchev–Trinajstić information content (AvgIpc) is 1.77. The molecule has 11 aliphatic carbocycles. The number of nitrogens with zero attached hydrogens (tertiary/aromatic N) is 13. The first-order valence-corrected chi connectivity index (χ1v) is 47.2. The summed E-state index contributed by atoms with van der Waals surface area (Å²) in [6.45, 7) is 3.87. The van der Waals surface area contributed by atoms with Gasteiger partial charge in [0.05, 0.1) is 197 Å². The van der Waals surface area contributed by atoms with Crippen LogP contribution in [0.5, 0.6) is 0 Å². The summed E-state index contributed by atoms with van der Waals surface area (Å²) >= 11 is 0. The predicted molar refractivity (Wildman–Crippen MR) is 474 cm³/mol. The molecule has 11 aliphatic rings. The van der Waals surface area contributed by atoms with Crippen molar-refractivity contribution >= 4 is 33.1 Å². The van der Waals surface area contributed by atoms with Gasteiger partial charge in [-0.25, -0.2) is 29.9 Å². The van der Waals surface area contributed by atoms with Gasteiger partial charge in [0.2, 0.25) is 0 Å². The lowest BCUT2D eigenvalue weighted by Gasteiger charge is -2.32. The third-order valence-corrected chi connectivity index (χ3v) is 29.7. The summed E-state index contributed by atoms with van der Waals surface area (Å²) in [5, 5.41) is 89.5. The molecule has 123 heavy (non-hydrogen) atoms. The van der Waals surface area contributed by atoms with Crippen LogP contribution in [0.25, 0.3) is 44.2 Å². The van der Waals surface area contributed by atoms with Gasteiger partial charge < -0.3 is 67.4 Å². The van der Waals surface area contributed by atoms with Crippen molar-refractivity contribution in [3.63, 3.8) is 0 Å². The van der Waals surface area contributed by atoms with Crippen molar-refractivity contribution in [3.8, 4) is 11.1 Å². The van der Waals surface area contributed by atoms with Crippen LogP contribution in [0.4, 0.5) is 0 Å². The van der Waals surface area contributed by atoms with Gasteiger partial charge in [-0.3, -0.25) is 4.40 Å². The van der Waals surface area contributed by atoms with Crippen LogP contribution in [0.2, 0.25) is 0 Å². The molecule has 22 nitrogen and oxygen atoms in total. The van der Waals surface area contributed by atoms with Crippen molar-refractivity contribution in [2.45, 2.75) is 317 Å². The number of aliphatic hydroxyl groups is 8. The first-order valence-electron chi connectivity index (χ1n) is 47.2. The third kappa shape index (κ3) is 18.3. The quantitative estimate of drug-likeness (QED) is 0.0373. The first kappa shape index (κ1) is 83.6. The van der Waals surface area contributed by atoms with E-state index >= 15 is 0 Å². The maximum atomic E-state index is 11.2. The van der Waals surface area contributed by atoms with Crippen LogP contribution in [0, 0.1) is 49.4 Å². The fourth-order valence-electron chi connectivity index (χ4n) is 21.9. The minimum atomic E-state index is -0.603. The van der Waals surface area contributed by atoms with E-state index in [1.165, 1.54) is 156 Å². The van der Waals surface area contributed by atoms with E-state index in [0.29, 0.717) is 53.3 Å². The molecule has 13 aromatic rings. The van der Waals surface area contributed by atoms with Crippen LogP contribution in [-0.4, -0.2) is 115 Å². The molecule has 0 aliphatic heterocycles. The summed E-state index contributed by atoms with van der Waals surface area (Å²) in [5.74, 6) is 6.05. The van der Waals surface area contributed by atoms with Gasteiger partial charge >= 0.3 is 0 Å². The molecule has 13 aromatic heterocycles. The Kier molecular flexibility index (Phi) is 25.1. The Morgan fingerprint density at radius 1 is 0.317 bits per heavy atom.